The standard InChI is InChI=1S/C8H6N.Rb/c1-2-4-8-7(3-1)5-6-9-8;/h1-6H;/q-1;+1. The summed E-state index contributed by atoms with van der Waals surface area (Å²) in [5, 5.41) is 1.22. The molecule has 0 saturated carbocycles. The Balaban J connectivity index is 0.000000500. The average Bonchev–Trinajstić information content (AvgIpc) is 2.33. The summed E-state index contributed by atoms with van der Waals surface area (Å²) < 4.78 is 0. The second-order valence-electron chi connectivity index (χ2n) is 2.00. The molecule has 0 spiro atoms. The molecule has 10 heavy (non-hydrogen) atoms. The molecule has 2 rings (SSSR count). The van der Waals surface area contributed by atoms with Gasteiger partial charge in [-0.1, -0.05) is 30.3 Å². The van der Waals surface area contributed by atoms with Gasteiger partial charge in [0.15, 0.2) is 0 Å². The molecule has 0 unspecified atom stereocenters. The maximum atomic E-state index is 4.12. The van der Waals surface area contributed by atoms with Crippen molar-refractivity contribution in [1.82, 2.24) is 4.98 Å². The van der Waals surface area contributed by atoms with E-state index in [1.54, 1.807) is 0 Å². The molecule has 1 heterocycles. The van der Waals surface area contributed by atoms with E-state index in [0.29, 0.717) is 0 Å². The molecule has 0 fully saturated rings. The zero-order valence-corrected chi connectivity index (χ0v) is 10.8. The second kappa shape index (κ2) is 3.81. The molecule has 2 heteroatoms. The Morgan fingerprint density at radius 1 is 1.00 bits per heavy atom. The fourth-order valence-electron chi connectivity index (χ4n) is 0.944. The van der Waals surface area contributed by atoms with E-state index < -0.39 is 0 Å². The van der Waals surface area contributed by atoms with Gasteiger partial charge in [-0.2, -0.15) is 6.20 Å². The fourth-order valence-corrected chi connectivity index (χ4v) is 0.944. The van der Waals surface area contributed by atoms with Crippen LogP contribution in [-0.2, 0) is 0 Å². The van der Waals surface area contributed by atoms with Crippen LogP contribution in [0.25, 0.3) is 10.9 Å². The van der Waals surface area contributed by atoms with Crippen LogP contribution in [0.2, 0.25) is 0 Å². The number of hydrogen-bond donors (Lipinski definition) is 0. The molecule has 0 bridgehead atoms. The Bertz CT molecular complexity index is 283. The molecule has 44 valence electrons. The Morgan fingerprint density at radius 3 is 2.60 bits per heavy atom. The summed E-state index contributed by atoms with van der Waals surface area (Å²) in [6.07, 6.45) is 1.82. The molecule has 1 nitrogen and oxygen atoms in total. The molecule has 1 aromatic carbocycles. The number of hydrogen-bond acceptors (Lipinski definition) is 0. The predicted molar refractivity (Wildman–Crippen MR) is 37.3 cm³/mol. The first-order valence-corrected chi connectivity index (χ1v) is 2.93. The van der Waals surface area contributed by atoms with Gasteiger partial charge in [0.25, 0.3) is 0 Å². The van der Waals surface area contributed by atoms with Crippen molar-refractivity contribution in [1.29, 1.82) is 0 Å². The van der Waals surface area contributed by atoms with E-state index in [-0.39, 0.29) is 58.2 Å². The summed E-state index contributed by atoms with van der Waals surface area (Å²) in [5.41, 5.74) is 1.08. The van der Waals surface area contributed by atoms with Gasteiger partial charge in [0.1, 0.15) is 0 Å². The van der Waals surface area contributed by atoms with Crippen LogP contribution < -0.4 is 63.2 Å². The molecule has 0 aliphatic rings. The summed E-state index contributed by atoms with van der Waals surface area (Å²) in [6, 6.07) is 10.1. The van der Waals surface area contributed by atoms with Crippen LogP contribution in [0, 0.1) is 0 Å². The van der Waals surface area contributed by atoms with Crippen molar-refractivity contribution in [2.75, 3.05) is 0 Å². The maximum Gasteiger partial charge on any atom is 1.00 e. The van der Waals surface area contributed by atoms with Gasteiger partial charge in [0.05, 0.1) is 0 Å². The van der Waals surface area contributed by atoms with E-state index in [9.17, 15) is 0 Å². The molecule has 0 amide bonds. The first-order valence-electron chi connectivity index (χ1n) is 2.93. The molecule has 0 atom stereocenters. The van der Waals surface area contributed by atoms with Crippen molar-refractivity contribution in [3.8, 4) is 0 Å². The first-order chi connectivity index (χ1) is 4.47. The molecule has 0 N–H and O–H groups in total. The third kappa shape index (κ3) is 1.59. The Kier molecular flexibility index (Phi) is 3.30. The quantitative estimate of drug-likeness (QED) is 0.523. The van der Waals surface area contributed by atoms with E-state index in [0.717, 1.165) is 5.52 Å². The zero-order valence-electron chi connectivity index (χ0n) is 5.91. The Morgan fingerprint density at radius 2 is 1.80 bits per heavy atom. The first kappa shape index (κ1) is 8.66. The molecule has 0 radical (unpaired) electrons. The van der Waals surface area contributed by atoms with Gasteiger partial charge in [-0.3, -0.25) is 0 Å². The van der Waals surface area contributed by atoms with Crippen molar-refractivity contribution in [2.45, 2.75) is 0 Å². The molecule has 0 aliphatic carbocycles. The van der Waals surface area contributed by atoms with E-state index in [2.05, 4.69) is 11.1 Å². The van der Waals surface area contributed by atoms with Crippen molar-refractivity contribution in [3.63, 3.8) is 0 Å². The number of fused-ring (bicyclic) bond motifs is 1. The number of aromatic nitrogens is 1. The van der Waals surface area contributed by atoms with Crippen LogP contribution in [0.3, 0.4) is 0 Å². The maximum absolute atomic E-state index is 4.12. The number of rotatable bonds is 0. The summed E-state index contributed by atoms with van der Waals surface area (Å²) in [4.78, 5) is 4.12. The third-order valence-electron chi connectivity index (χ3n) is 1.40. The van der Waals surface area contributed by atoms with Crippen LogP contribution in [0.5, 0.6) is 0 Å². The molecule has 0 saturated heterocycles. The van der Waals surface area contributed by atoms with Gasteiger partial charge >= 0.3 is 58.2 Å². The number of nitrogens with zero attached hydrogens (tertiary/aromatic N) is 1. The van der Waals surface area contributed by atoms with Gasteiger partial charge in [0, 0.05) is 0 Å². The van der Waals surface area contributed by atoms with E-state index in [1.165, 1.54) is 5.39 Å². The zero-order chi connectivity index (χ0) is 6.10. The average molecular weight is 202 g/mol. The number of para-hydroxylation sites is 1. The minimum atomic E-state index is 0. The summed E-state index contributed by atoms with van der Waals surface area (Å²) in [7, 11) is 0. The van der Waals surface area contributed by atoms with Crippen LogP contribution >= 0.6 is 0 Å². The summed E-state index contributed by atoms with van der Waals surface area (Å²) in [6.45, 7) is 0. The Hall–Kier alpha value is 0.565. The van der Waals surface area contributed by atoms with Gasteiger partial charge < -0.3 is 4.98 Å². The molecule has 1 aromatic heterocycles. The SMILES string of the molecule is [Rb+].c1ccc2[n-]ccc2c1. The van der Waals surface area contributed by atoms with Gasteiger partial charge in [-0.25, -0.2) is 0 Å². The van der Waals surface area contributed by atoms with Crippen molar-refractivity contribution in [2.24, 2.45) is 0 Å². The third-order valence-corrected chi connectivity index (χ3v) is 1.40. The van der Waals surface area contributed by atoms with Crippen molar-refractivity contribution in [3.05, 3.63) is 36.5 Å². The monoisotopic (exact) mass is 201 g/mol. The molecular formula is C8H6NRb. The minimum absolute atomic E-state index is 0. The Labute approximate surface area is 109 Å². The normalized spacial score (nSPS) is 9.20. The van der Waals surface area contributed by atoms with Gasteiger partial charge in [0.2, 0.25) is 0 Å². The second-order valence-corrected chi connectivity index (χ2v) is 2.00. The van der Waals surface area contributed by atoms with Crippen LogP contribution in [0.4, 0.5) is 0 Å². The largest absolute Gasteiger partial charge is 1.00 e. The molecular weight excluding hydrogens is 196 g/mol. The van der Waals surface area contributed by atoms with Crippen molar-refractivity contribution >= 4 is 10.9 Å². The topological polar surface area (TPSA) is 14.1 Å². The van der Waals surface area contributed by atoms with Gasteiger partial charge in [-0.05, 0) is 5.39 Å². The predicted octanol–water partition coefficient (Wildman–Crippen LogP) is -1.20. The van der Waals surface area contributed by atoms with Gasteiger partial charge in [-0.15, -0.1) is 5.52 Å². The van der Waals surface area contributed by atoms with E-state index in [1.807, 2.05) is 30.5 Å². The molecule has 2 aromatic rings. The van der Waals surface area contributed by atoms with Crippen LogP contribution in [-0.4, -0.2) is 0 Å². The summed E-state index contributed by atoms with van der Waals surface area (Å²) in [5.74, 6) is 0. The van der Waals surface area contributed by atoms with E-state index in [4.69, 9.17) is 0 Å². The smallest absolute Gasteiger partial charge is 0.664 e. The van der Waals surface area contributed by atoms with Crippen molar-refractivity contribution < 1.29 is 58.2 Å². The fraction of sp³-hybridized carbons (Fsp3) is 0. The summed E-state index contributed by atoms with van der Waals surface area (Å²) >= 11 is 0. The molecule has 0 aliphatic heterocycles. The van der Waals surface area contributed by atoms with Crippen LogP contribution in [0.1, 0.15) is 0 Å². The minimum Gasteiger partial charge on any atom is -0.664 e. The number of benzene rings is 1. The van der Waals surface area contributed by atoms with E-state index >= 15 is 0 Å². The van der Waals surface area contributed by atoms with Crippen LogP contribution in [0.15, 0.2) is 36.5 Å².